The molecular weight excluding hydrogens is 417 g/mol. The van der Waals surface area contributed by atoms with E-state index in [4.69, 9.17) is 13.9 Å². The number of hydrogen-bond acceptors (Lipinski definition) is 6. The molecular formula is C20H19F3N4O4. The third-order valence-corrected chi connectivity index (χ3v) is 4.97. The first kappa shape index (κ1) is 20.6. The number of carbonyl (C=O) groups is 1. The number of alkyl halides is 3. The van der Waals surface area contributed by atoms with Gasteiger partial charge in [0.2, 0.25) is 0 Å². The minimum Gasteiger partial charge on any atom is -0.497 e. The second-order valence-electron chi connectivity index (χ2n) is 6.89. The lowest BCUT2D eigenvalue weighted by Crippen LogP contribution is -2.35. The summed E-state index contributed by atoms with van der Waals surface area (Å²) in [5, 5.41) is 9.50. The maximum Gasteiger partial charge on any atom is 0.410 e. The number of fused-ring (bicyclic) bond motifs is 1. The van der Waals surface area contributed by atoms with E-state index in [2.05, 4.69) is 15.7 Å². The second kappa shape index (κ2) is 7.89. The van der Waals surface area contributed by atoms with E-state index in [9.17, 15) is 18.0 Å². The first-order valence-corrected chi connectivity index (χ1v) is 9.29. The smallest absolute Gasteiger partial charge is 0.410 e. The predicted octanol–water partition coefficient (Wildman–Crippen LogP) is 4.41. The Balaban J connectivity index is 1.63. The summed E-state index contributed by atoms with van der Waals surface area (Å²) in [5.74, 6) is 0.620. The first-order valence-electron chi connectivity index (χ1n) is 9.29. The lowest BCUT2D eigenvalue weighted by atomic mass is 10.0. The van der Waals surface area contributed by atoms with Crippen LogP contribution in [0.2, 0.25) is 0 Å². The minimum absolute atomic E-state index is 0.0711. The SMILES string of the molecule is COc1ccc(NC(=O)c2cc3n(n2)[C@H](C(F)(F)F)C[C@H](c2ccco2)N3)c(OC)c1. The van der Waals surface area contributed by atoms with Crippen LogP contribution in [0.3, 0.4) is 0 Å². The average molecular weight is 436 g/mol. The van der Waals surface area contributed by atoms with Crippen molar-refractivity contribution in [1.82, 2.24) is 9.78 Å². The predicted molar refractivity (Wildman–Crippen MR) is 105 cm³/mol. The van der Waals surface area contributed by atoms with E-state index in [1.165, 1.54) is 26.5 Å². The molecule has 4 rings (SSSR count). The molecule has 0 unspecified atom stereocenters. The van der Waals surface area contributed by atoms with Crippen LogP contribution < -0.4 is 20.1 Å². The summed E-state index contributed by atoms with van der Waals surface area (Å²) in [6, 6.07) is 6.62. The zero-order valence-electron chi connectivity index (χ0n) is 16.6. The highest BCUT2D eigenvalue weighted by Crippen LogP contribution is 2.43. The molecule has 2 N–H and O–H groups in total. The average Bonchev–Trinajstić information content (AvgIpc) is 3.42. The Labute approximate surface area is 174 Å². The van der Waals surface area contributed by atoms with Crippen LogP contribution >= 0.6 is 0 Å². The molecule has 0 radical (unpaired) electrons. The second-order valence-corrected chi connectivity index (χ2v) is 6.89. The molecule has 3 aromatic rings. The van der Waals surface area contributed by atoms with Gasteiger partial charge >= 0.3 is 6.18 Å². The van der Waals surface area contributed by atoms with Crippen LogP contribution in [0, 0.1) is 0 Å². The van der Waals surface area contributed by atoms with E-state index in [-0.39, 0.29) is 17.9 Å². The van der Waals surface area contributed by atoms with E-state index in [1.54, 1.807) is 30.3 Å². The van der Waals surface area contributed by atoms with Crippen LogP contribution in [-0.4, -0.2) is 36.1 Å². The zero-order chi connectivity index (χ0) is 22.2. The molecule has 0 bridgehead atoms. The molecule has 1 amide bonds. The van der Waals surface area contributed by atoms with Crippen molar-refractivity contribution in [2.45, 2.75) is 24.7 Å². The molecule has 11 heteroatoms. The van der Waals surface area contributed by atoms with E-state index in [1.807, 2.05) is 0 Å². The number of furan rings is 1. The van der Waals surface area contributed by atoms with Gasteiger partial charge < -0.3 is 24.5 Å². The third kappa shape index (κ3) is 4.03. The zero-order valence-corrected chi connectivity index (χ0v) is 16.6. The van der Waals surface area contributed by atoms with Crippen molar-refractivity contribution < 1.29 is 31.9 Å². The summed E-state index contributed by atoms with van der Waals surface area (Å²) in [7, 11) is 2.91. The van der Waals surface area contributed by atoms with E-state index >= 15 is 0 Å². The highest BCUT2D eigenvalue weighted by molar-refractivity contribution is 6.04. The van der Waals surface area contributed by atoms with Gasteiger partial charge in [0, 0.05) is 18.6 Å². The molecule has 0 saturated heterocycles. The molecule has 0 spiro atoms. The standard InChI is InChI=1S/C20H19F3N4O4/c1-29-11-5-6-12(16(8-11)30-2)25-19(28)14-10-18-24-13(15-4-3-7-31-15)9-17(20(21,22)23)27(18)26-14/h3-8,10,13,17,24H,9H2,1-2H3,(H,25,28)/t13-,17+/m1/s1. The number of anilines is 2. The fraction of sp³-hybridized carbons (Fsp3) is 0.300. The van der Waals surface area contributed by atoms with E-state index < -0.39 is 24.2 Å². The van der Waals surface area contributed by atoms with Crippen molar-refractivity contribution in [3.63, 3.8) is 0 Å². The van der Waals surface area contributed by atoms with Crippen molar-refractivity contribution in [2.75, 3.05) is 24.9 Å². The summed E-state index contributed by atoms with van der Waals surface area (Å²) in [4.78, 5) is 12.7. The number of halogens is 3. The minimum atomic E-state index is -4.55. The fourth-order valence-corrected chi connectivity index (χ4v) is 3.45. The summed E-state index contributed by atoms with van der Waals surface area (Å²) >= 11 is 0. The lowest BCUT2D eigenvalue weighted by Gasteiger charge is -2.32. The molecule has 1 aliphatic rings. The monoisotopic (exact) mass is 436 g/mol. The Hall–Kier alpha value is -3.63. The number of aromatic nitrogens is 2. The molecule has 164 valence electrons. The van der Waals surface area contributed by atoms with E-state index in [0.717, 1.165) is 4.68 Å². The fourth-order valence-electron chi connectivity index (χ4n) is 3.45. The van der Waals surface area contributed by atoms with Crippen molar-refractivity contribution in [3.8, 4) is 11.5 Å². The van der Waals surface area contributed by atoms with Crippen molar-refractivity contribution in [1.29, 1.82) is 0 Å². The Morgan fingerprint density at radius 3 is 2.71 bits per heavy atom. The Morgan fingerprint density at radius 1 is 1.26 bits per heavy atom. The van der Waals surface area contributed by atoms with Crippen LogP contribution in [0.4, 0.5) is 24.7 Å². The normalized spacial score (nSPS) is 18.1. The van der Waals surface area contributed by atoms with Gasteiger partial charge in [0.05, 0.1) is 32.2 Å². The van der Waals surface area contributed by atoms with Gasteiger partial charge in [0.15, 0.2) is 11.7 Å². The van der Waals surface area contributed by atoms with Crippen LogP contribution in [0.15, 0.2) is 47.1 Å². The van der Waals surface area contributed by atoms with Crippen molar-refractivity contribution in [3.05, 3.63) is 54.1 Å². The molecule has 2 atom stereocenters. The molecule has 1 aromatic carbocycles. The molecule has 1 aliphatic heterocycles. The van der Waals surface area contributed by atoms with Gasteiger partial charge in [-0.3, -0.25) is 4.79 Å². The number of hydrogen-bond donors (Lipinski definition) is 2. The van der Waals surface area contributed by atoms with Crippen LogP contribution in [0.5, 0.6) is 11.5 Å². The number of rotatable bonds is 5. The number of carbonyl (C=O) groups excluding carboxylic acids is 1. The summed E-state index contributed by atoms with van der Waals surface area (Å²) in [6.07, 6.45) is -3.48. The first-order chi connectivity index (χ1) is 14.8. The van der Waals surface area contributed by atoms with Gasteiger partial charge in [-0.1, -0.05) is 0 Å². The number of nitrogens with one attached hydrogen (secondary N) is 2. The number of methoxy groups -OCH3 is 2. The third-order valence-electron chi connectivity index (χ3n) is 4.97. The molecule has 0 aliphatic carbocycles. The number of nitrogens with zero attached hydrogens (tertiary/aromatic N) is 2. The van der Waals surface area contributed by atoms with Crippen molar-refractivity contribution in [2.24, 2.45) is 0 Å². The molecule has 0 fully saturated rings. The Bertz CT molecular complexity index is 1080. The molecule has 8 nitrogen and oxygen atoms in total. The van der Waals surface area contributed by atoms with Gasteiger partial charge in [-0.25, -0.2) is 4.68 Å². The van der Waals surface area contributed by atoms with Gasteiger partial charge in [-0.15, -0.1) is 0 Å². The topological polar surface area (TPSA) is 90.5 Å². The maximum absolute atomic E-state index is 13.7. The number of benzene rings is 1. The maximum atomic E-state index is 13.7. The molecule has 2 aromatic heterocycles. The van der Waals surface area contributed by atoms with Gasteiger partial charge in [0.1, 0.15) is 23.1 Å². The van der Waals surface area contributed by atoms with E-state index in [0.29, 0.717) is 22.9 Å². The molecule has 31 heavy (non-hydrogen) atoms. The molecule has 3 heterocycles. The largest absolute Gasteiger partial charge is 0.497 e. The Kier molecular flexibility index (Phi) is 5.25. The van der Waals surface area contributed by atoms with Gasteiger partial charge in [-0.2, -0.15) is 18.3 Å². The van der Waals surface area contributed by atoms with Crippen LogP contribution in [0.25, 0.3) is 0 Å². The van der Waals surface area contributed by atoms with Gasteiger partial charge in [-0.05, 0) is 24.3 Å². The Morgan fingerprint density at radius 2 is 2.06 bits per heavy atom. The number of ether oxygens (including phenoxy) is 2. The summed E-state index contributed by atoms with van der Waals surface area (Å²) in [5.41, 5.74) is 0.155. The lowest BCUT2D eigenvalue weighted by molar-refractivity contribution is -0.174. The van der Waals surface area contributed by atoms with Crippen molar-refractivity contribution >= 4 is 17.4 Å². The summed E-state index contributed by atoms with van der Waals surface area (Å²) in [6.45, 7) is 0. The number of amides is 1. The quantitative estimate of drug-likeness (QED) is 0.616. The van der Waals surface area contributed by atoms with Crippen LogP contribution in [0.1, 0.15) is 34.8 Å². The molecule has 0 saturated carbocycles. The van der Waals surface area contributed by atoms with Crippen LogP contribution in [-0.2, 0) is 0 Å². The van der Waals surface area contributed by atoms with Gasteiger partial charge in [0.25, 0.3) is 5.91 Å². The highest BCUT2D eigenvalue weighted by Gasteiger charge is 2.47. The summed E-state index contributed by atoms with van der Waals surface area (Å²) < 4.78 is 57.5. The highest BCUT2D eigenvalue weighted by atomic mass is 19.4.